The third kappa shape index (κ3) is 8.94. The van der Waals surface area contributed by atoms with Crippen LogP contribution in [0.25, 0.3) is 50.4 Å². The van der Waals surface area contributed by atoms with Crippen LogP contribution in [-0.2, 0) is 4.79 Å². The van der Waals surface area contributed by atoms with E-state index in [1.807, 2.05) is 30.3 Å². The van der Waals surface area contributed by atoms with Crippen molar-refractivity contribution >= 4 is 60.6 Å². The molecular weight excluding hydrogens is 815 g/mol. The van der Waals surface area contributed by atoms with Gasteiger partial charge in [0.15, 0.2) is 0 Å². The zero-order chi connectivity index (χ0) is 44.5. The second-order valence-corrected chi connectivity index (χ2v) is 21.5. The average Bonchev–Trinajstić information content (AvgIpc) is 3.93. The monoisotopic (exact) mass is 875 g/mol. The molecule has 12 heteroatoms. The number of hydrogen-bond donors (Lipinski definition) is 3. The van der Waals surface area contributed by atoms with E-state index in [-0.39, 0.29) is 5.91 Å². The number of hydrogen-bond acceptors (Lipinski definition) is 8. The number of allylic oxidation sites excluding steroid dienone is 1. The Labute approximate surface area is 378 Å². The number of amides is 1. The van der Waals surface area contributed by atoms with Crippen molar-refractivity contribution in [1.29, 1.82) is 0 Å². The fraction of sp³-hybridized carbons (Fsp3) is 0.327. The molecule has 7 aromatic rings. The van der Waals surface area contributed by atoms with Crippen LogP contribution in [0.2, 0.25) is 0 Å². The van der Waals surface area contributed by atoms with Gasteiger partial charge in [-0.25, -0.2) is 9.97 Å². The van der Waals surface area contributed by atoms with Gasteiger partial charge in [0.1, 0.15) is 17.4 Å². The maximum atomic E-state index is 13.0. The minimum absolute atomic E-state index is 0.0769. The number of unbranched alkanes of at least 4 members (excludes halogenated alkanes) is 1. The molecule has 5 aromatic carbocycles. The Kier molecular flexibility index (Phi) is 12.2. The van der Waals surface area contributed by atoms with Gasteiger partial charge in [0.05, 0.1) is 28.7 Å². The van der Waals surface area contributed by atoms with Crippen molar-refractivity contribution in [2.24, 2.45) is 0 Å². The maximum Gasteiger partial charge on any atom is 0.220 e. The Balaban J connectivity index is 0.750. The Morgan fingerprint density at radius 1 is 0.734 bits per heavy atom. The first-order valence-electron chi connectivity index (χ1n) is 22.4. The highest BCUT2D eigenvalue weighted by Gasteiger charge is 2.32. The summed E-state index contributed by atoms with van der Waals surface area (Å²) in [6.07, 6.45) is 9.89. The largest absolute Gasteiger partial charge is 0.494 e. The quantitative estimate of drug-likeness (QED) is 0.0928. The van der Waals surface area contributed by atoms with Crippen molar-refractivity contribution in [3.63, 3.8) is 0 Å². The van der Waals surface area contributed by atoms with Crippen LogP contribution in [0.1, 0.15) is 36.8 Å². The van der Waals surface area contributed by atoms with Gasteiger partial charge in [0.2, 0.25) is 5.91 Å². The zero-order valence-electron chi connectivity index (χ0n) is 38.3. The van der Waals surface area contributed by atoms with E-state index < -0.39 is 10.0 Å². The first-order chi connectivity index (χ1) is 30.9. The number of H-pyrrole nitrogens is 2. The number of rotatable bonds is 14. The third-order valence-corrected chi connectivity index (χ3v) is 15.6. The smallest absolute Gasteiger partial charge is 0.220 e. The normalized spacial score (nSPS) is 15.2. The molecule has 0 bridgehead atoms. The number of fused-ring (bicyclic) bond motifs is 4. The van der Waals surface area contributed by atoms with Gasteiger partial charge in [0, 0.05) is 105 Å². The second-order valence-electron chi connectivity index (χ2n) is 18.0. The summed E-state index contributed by atoms with van der Waals surface area (Å²) in [6, 6.07) is 34.5. The van der Waals surface area contributed by atoms with Gasteiger partial charge < -0.3 is 39.6 Å². The zero-order valence-corrected chi connectivity index (χ0v) is 39.1. The molecule has 332 valence electrons. The highest BCUT2D eigenvalue weighted by atomic mass is 32.3. The van der Waals surface area contributed by atoms with E-state index in [1.165, 1.54) is 43.6 Å². The number of nitrogens with zero attached hydrogens (tertiary/aromatic N) is 6. The van der Waals surface area contributed by atoms with Gasteiger partial charge >= 0.3 is 0 Å². The van der Waals surface area contributed by atoms with E-state index in [2.05, 4.69) is 155 Å². The van der Waals surface area contributed by atoms with Gasteiger partial charge in [-0.15, -0.1) is 0 Å². The lowest BCUT2D eigenvalue weighted by atomic mass is 9.95. The number of anilines is 3. The summed E-state index contributed by atoms with van der Waals surface area (Å²) in [4.78, 5) is 41.8. The molecule has 0 radical (unpaired) electrons. The number of benzene rings is 5. The average molecular weight is 876 g/mol. The van der Waals surface area contributed by atoms with Crippen LogP contribution in [0, 0.1) is 0 Å². The van der Waals surface area contributed by atoms with Crippen molar-refractivity contribution in [2.75, 3.05) is 102 Å². The molecule has 3 N–H and O–H groups in total. The van der Waals surface area contributed by atoms with E-state index in [9.17, 15) is 4.79 Å². The molecular formula is C52H61N9O2S. The molecule has 1 saturated heterocycles. The van der Waals surface area contributed by atoms with Crippen molar-refractivity contribution in [1.82, 2.24) is 30.2 Å². The fourth-order valence-corrected chi connectivity index (χ4v) is 11.4. The highest BCUT2D eigenvalue weighted by Crippen LogP contribution is 2.65. The lowest BCUT2D eigenvalue weighted by molar-refractivity contribution is -0.121. The van der Waals surface area contributed by atoms with Crippen molar-refractivity contribution in [3.05, 3.63) is 114 Å². The molecule has 0 atom stereocenters. The summed E-state index contributed by atoms with van der Waals surface area (Å²) >= 11 is 0. The van der Waals surface area contributed by atoms with Crippen LogP contribution in [0.5, 0.6) is 5.75 Å². The Morgan fingerprint density at radius 2 is 1.33 bits per heavy atom. The van der Waals surface area contributed by atoms with Crippen LogP contribution in [-0.4, -0.2) is 118 Å². The number of aromatic nitrogens is 4. The van der Waals surface area contributed by atoms with E-state index >= 15 is 0 Å². The summed E-state index contributed by atoms with van der Waals surface area (Å²) in [5.74, 6) is 2.54. The molecule has 1 fully saturated rings. The lowest BCUT2D eigenvalue weighted by Gasteiger charge is -2.42. The molecule has 2 aliphatic heterocycles. The van der Waals surface area contributed by atoms with Gasteiger partial charge in [-0.2, -0.15) is 10.0 Å². The molecule has 9 rings (SSSR count). The van der Waals surface area contributed by atoms with Gasteiger partial charge in [-0.1, -0.05) is 18.2 Å². The molecule has 0 aliphatic carbocycles. The predicted molar refractivity (Wildman–Crippen MR) is 268 cm³/mol. The van der Waals surface area contributed by atoms with Crippen molar-refractivity contribution in [2.45, 2.75) is 35.5 Å². The van der Waals surface area contributed by atoms with Crippen LogP contribution < -0.4 is 24.8 Å². The predicted octanol–water partition coefficient (Wildman–Crippen LogP) is 9.64. The maximum absolute atomic E-state index is 13.0. The lowest BCUT2D eigenvalue weighted by Crippen LogP contribution is -2.44. The van der Waals surface area contributed by atoms with Gasteiger partial charge in [-0.3, -0.25) is 4.79 Å². The van der Waals surface area contributed by atoms with Crippen molar-refractivity contribution < 1.29 is 9.53 Å². The molecule has 0 spiro atoms. The van der Waals surface area contributed by atoms with E-state index in [1.54, 1.807) is 0 Å². The summed E-state index contributed by atoms with van der Waals surface area (Å²) in [6.45, 7) is 5.42. The topological polar surface area (TPSA) is 109 Å². The number of aromatic amines is 2. The van der Waals surface area contributed by atoms with Crippen LogP contribution >= 0.6 is 10.0 Å². The summed E-state index contributed by atoms with van der Waals surface area (Å²) in [5, 5.41) is 3.13. The first-order valence-corrected chi connectivity index (χ1v) is 24.9. The molecule has 1 amide bonds. The first kappa shape index (κ1) is 43.0. The van der Waals surface area contributed by atoms with Gasteiger partial charge in [0.25, 0.3) is 0 Å². The number of carbonyl (C=O) groups is 1. The fourth-order valence-electron chi connectivity index (χ4n) is 8.83. The number of nitrogens with one attached hydrogen (secondary N) is 3. The van der Waals surface area contributed by atoms with Crippen molar-refractivity contribution in [3.8, 4) is 28.5 Å². The SMILES string of the molecule is CN1CCN(c2ccc3nc(-c4ccc5nc(-c6ccc(OCCCCNC(=O)CCC=C7c8ccc(N(C)C)cc8S(C)(C)c8cc(N(C)C)ccc87)cc6)[nH]c5c4)[nH]c3c2)CC1. The molecule has 0 saturated carbocycles. The Bertz CT molecular complexity index is 2770. The van der Waals surface area contributed by atoms with Crippen LogP contribution in [0.15, 0.2) is 113 Å². The summed E-state index contributed by atoms with van der Waals surface area (Å²) in [5.41, 5.74) is 13.3. The van der Waals surface area contributed by atoms with Crippen LogP contribution in [0.4, 0.5) is 17.1 Å². The number of imidazole rings is 2. The molecule has 11 nitrogen and oxygen atoms in total. The number of piperazine rings is 1. The van der Waals surface area contributed by atoms with E-state index in [4.69, 9.17) is 14.7 Å². The third-order valence-electron chi connectivity index (χ3n) is 12.7. The molecule has 4 heterocycles. The van der Waals surface area contributed by atoms with Crippen LogP contribution in [0.3, 0.4) is 0 Å². The van der Waals surface area contributed by atoms with E-state index in [0.29, 0.717) is 26.0 Å². The highest BCUT2D eigenvalue weighted by molar-refractivity contribution is 8.32. The molecule has 0 unspecified atom stereocenters. The summed E-state index contributed by atoms with van der Waals surface area (Å²) in [7, 11) is 9.31. The minimum atomic E-state index is -1.25. The summed E-state index contributed by atoms with van der Waals surface area (Å²) < 4.78 is 6.07. The Hall–Kier alpha value is -6.24. The van der Waals surface area contributed by atoms with Gasteiger partial charge in [-0.05, 0) is 140 Å². The standard InChI is InChI=1S/C52H61N9O2S/c1-58(2)37-16-21-42-41(43-22-17-38(59(3)4)34-49(43)64(6,7)48(42)33-37)11-10-12-50(62)53-25-8-9-30-63-40-19-13-35(14-20-40)51-54-44-23-15-36(31-46(44)56-51)52-55-45-24-18-39(32-47(45)57-52)61-28-26-60(5)27-29-61/h11,13-24,31-34H,8-10,12,25-30H2,1-7H3,(H,53,62)(H,54,56)(H,55,57). The molecule has 2 aliphatic rings. The molecule has 64 heavy (non-hydrogen) atoms. The van der Waals surface area contributed by atoms with E-state index in [0.717, 1.165) is 89.6 Å². The number of likely N-dealkylation sites (N-methyl/N-ethyl adjacent to an activating group) is 1. The number of carbonyl (C=O) groups excluding carboxylic acids is 1. The number of ether oxygens (including phenoxy) is 1. The Morgan fingerprint density at radius 3 is 1.97 bits per heavy atom. The minimum Gasteiger partial charge on any atom is -0.494 e. The second kappa shape index (κ2) is 18.1. The molecule has 2 aromatic heterocycles.